The van der Waals surface area contributed by atoms with Crippen LogP contribution in [0.5, 0.6) is 0 Å². The minimum atomic E-state index is 0.0216. The minimum absolute atomic E-state index is 0.0216. The monoisotopic (exact) mass is 379 g/mol. The van der Waals surface area contributed by atoms with Gasteiger partial charge in [-0.1, -0.05) is 18.5 Å². The molecule has 0 aliphatic carbocycles. The second kappa shape index (κ2) is 5.97. The molecule has 0 amide bonds. The highest BCUT2D eigenvalue weighted by Gasteiger charge is 2.31. The summed E-state index contributed by atoms with van der Waals surface area (Å²) < 4.78 is 7.04. The van der Waals surface area contributed by atoms with Crippen molar-refractivity contribution < 1.29 is 4.74 Å². The third-order valence-corrected chi connectivity index (χ3v) is 4.76. The molecule has 1 aliphatic rings. The first-order valence-corrected chi connectivity index (χ1v) is 7.83. The van der Waals surface area contributed by atoms with Crippen molar-refractivity contribution in [1.82, 2.24) is 0 Å². The lowest BCUT2D eigenvalue weighted by Crippen LogP contribution is -2.41. The number of benzene rings is 1. The van der Waals surface area contributed by atoms with Crippen LogP contribution >= 0.6 is 34.2 Å². The molecule has 1 saturated heterocycles. The molecule has 0 bridgehead atoms. The fourth-order valence-corrected chi connectivity index (χ4v) is 3.35. The van der Waals surface area contributed by atoms with E-state index in [1.807, 2.05) is 12.1 Å². The van der Waals surface area contributed by atoms with Gasteiger partial charge in [0.15, 0.2) is 0 Å². The number of nitrogens with one attached hydrogen (secondary N) is 1. The van der Waals surface area contributed by atoms with Crippen LogP contribution in [0.3, 0.4) is 0 Å². The first-order valence-electron chi connectivity index (χ1n) is 6.38. The van der Waals surface area contributed by atoms with Gasteiger partial charge in [-0.25, -0.2) is 0 Å². The minimum Gasteiger partial charge on any atom is -0.381 e. The highest BCUT2D eigenvalue weighted by Crippen LogP contribution is 2.31. The number of hydrogen-bond donors (Lipinski definition) is 1. The molecular formula is C14H19ClINO. The van der Waals surface area contributed by atoms with Crippen molar-refractivity contribution in [3.8, 4) is 0 Å². The SMILES string of the molecule is CCC1(C)CC(Nc2ccc(Cl)cc2I)CCO1. The van der Waals surface area contributed by atoms with Gasteiger partial charge in [-0.05, 0) is 67.0 Å². The molecule has 18 heavy (non-hydrogen) atoms. The van der Waals surface area contributed by atoms with E-state index < -0.39 is 0 Å². The first-order chi connectivity index (χ1) is 8.52. The fraction of sp³-hybridized carbons (Fsp3) is 0.571. The molecule has 1 aromatic carbocycles. The average molecular weight is 380 g/mol. The zero-order valence-corrected chi connectivity index (χ0v) is 13.7. The summed E-state index contributed by atoms with van der Waals surface area (Å²) in [5, 5.41) is 4.41. The number of rotatable bonds is 3. The molecule has 1 aliphatic heterocycles. The van der Waals surface area contributed by atoms with E-state index in [4.69, 9.17) is 16.3 Å². The van der Waals surface area contributed by atoms with E-state index in [2.05, 4.69) is 47.8 Å². The lowest BCUT2D eigenvalue weighted by molar-refractivity contribution is -0.0708. The lowest BCUT2D eigenvalue weighted by Gasteiger charge is -2.38. The molecule has 0 saturated carbocycles. The van der Waals surface area contributed by atoms with E-state index in [0.29, 0.717) is 6.04 Å². The second-order valence-electron chi connectivity index (χ2n) is 5.11. The zero-order chi connectivity index (χ0) is 13.2. The Hall–Kier alpha value is -0.0000000000000000763. The molecule has 0 aromatic heterocycles. The normalized spacial score (nSPS) is 28.1. The number of halogens is 2. The van der Waals surface area contributed by atoms with Crippen molar-refractivity contribution in [3.05, 3.63) is 26.8 Å². The Morgan fingerprint density at radius 3 is 3.00 bits per heavy atom. The summed E-state index contributed by atoms with van der Waals surface area (Å²) in [5.41, 5.74) is 1.19. The van der Waals surface area contributed by atoms with Crippen LogP contribution in [-0.2, 0) is 4.74 Å². The molecule has 1 N–H and O–H groups in total. The second-order valence-corrected chi connectivity index (χ2v) is 6.71. The van der Waals surface area contributed by atoms with Crippen LogP contribution in [0.15, 0.2) is 18.2 Å². The molecule has 1 fully saturated rings. The van der Waals surface area contributed by atoms with Crippen molar-refractivity contribution in [2.75, 3.05) is 11.9 Å². The van der Waals surface area contributed by atoms with Gasteiger partial charge in [0.05, 0.1) is 5.60 Å². The van der Waals surface area contributed by atoms with Crippen molar-refractivity contribution in [3.63, 3.8) is 0 Å². The van der Waals surface area contributed by atoms with E-state index >= 15 is 0 Å². The van der Waals surface area contributed by atoms with Crippen molar-refractivity contribution >= 4 is 39.9 Å². The van der Waals surface area contributed by atoms with E-state index in [9.17, 15) is 0 Å². The van der Waals surface area contributed by atoms with E-state index in [-0.39, 0.29) is 5.60 Å². The Morgan fingerprint density at radius 2 is 2.33 bits per heavy atom. The maximum Gasteiger partial charge on any atom is 0.0671 e. The largest absolute Gasteiger partial charge is 0.381 e. The van der Waals surface area contributed by atoms with Gasteiger partial charge in [0.2, 0.25) is 0 Å². The highest BCUT2D eigenvalue weighted by atomic mass is 127. The van der Waals surface area contributed by atoms with Crippen LogP contribution in [0.2, 0.25) is 5.02 Å². The molecule has 1 aromatic rings. The third kappa shape index (κ3) is 3.52. The van der Waals surface area contributed by atoms with Crippen molar-refractivity contribution in [2.45, 2.75) is 44.8 Å². The number of ether oxygens (including phenoxy) is 1. The summed E-state index contributed by atoms with van der Waals surface area (Å²) in [7, 11) is 0. The molecule has 2 atom stereocenters. The summed E-state index contributed by atoms with van der Waals surface area (Å²) in [4.78, 5) is 0. The first kappa shape index (κ1) is 14.4. The molecule has 100 valence electrons. The fourth-order valence-electron chi connectivity index (χ4n) is 2.33. The Morgan fingerprint density at radius 1 is 1.56 bits per heavy atom. The van der Waals surface area contributed by atoms with Gasteiger partial charge in [-0.3, -0.25) is 0 Å². The Labute approximate surface area is 128 Å². The van der Waals surface area contributed by atoms with Gasteiger partial charge >= 0.3 is 0 Å². The maximum atomic E-state index is 5.97. The van der Waals surface area contributed by atoms with Gasteiger partial charge in [-0.2, -0.15) is 0 Å². The van der Waals surface area contributed by atoms with Crippen molar-refractivity contribution in [1.29, 1.82) is 0 Å². The number of hydrogen-bond acceptors (Lipinski definition) is 2. The topological polar surface area (TPSA) is 21.3 Å². The molecule has 2 unspecified atom stereocenters. The third-order valence-electron chi connectivity index (χ3n) is 3.63. The number of anilines is 1. The lowest BCUT2D eigenvalue weighted by atomic mass is 9.90. The molecule has 2 nitrogen and oxygen atoms in total. The summed E-state index contributed by atoms with van der Waals surface area (Å²) in [6.45, 7) is 5.23. The van der Waals surface area contributed by atoms with E-state index in [1.54, 1.807) is 0 Å². The standard InChI is InChI=1S/C14H19ClINO/c1-3-14(2)9-11(6-7-18-14)17-13-5-4-10(15)8-12(13)16/h4-5,8,11,17H,3,6-7,9H2,1-2H3. The molecule has 1 heterocycles. The summed E-state index contributed by atoms with van der Waals surface area (Å²) >= 11 is 8.30. The summed E-state index contributed by atoms with van der Waals surface area (Å²) in [6.07, 6.45) is 3.18. The van der Waals surface area contributed by atoms with Gasteiger partial charge < -0.3 is 10.1 Å². The van der Waals surface area contributed by atoms with Gasteiger partial charge in [0, 0.05) is 26.9 Å². The predicted octanol–water partition coefficient (Wildman–Crippen LogP) is 4.70. The summed E-state index contributed by atoms with van der Waals surface area (Å²) in [5.74, 6) is 0. The predicted molar refractivity (Wildman–Crippen MR) is 85.5 cm³/mol. The van der Waals surface area contributed by atoms with Crippen molar-refractivity contribution in [2.24, 2.45) is 0 Å². The van der Waals surface area contributed by atoms with E-state index in [0.717, 1.165) is 30.9 Å². The smallest absolute Gasteiger partial charge is 0.0671 e. The summed E-state index contributed by atoms with van der Waals surface area (Å²) in [6, 6.07) is 6.47. The zero-order valence-electron chi connectivity index (χ0n) is 10.8. The van der Waals surface area contributed by atoms with Gasteiger partial charge in [0.25, 0.3) is 0 Å². The Balaban J connectivity index is 2.05. The average Bonchev–Trinajstić information content (AvgIpc) is 2.33. The van der Waals surface area contributed by atoms with Crippen LogP contribution in [0.25, 0.3) is 0 Å². The molecule has 4 heteroatoms. The maximum absolute atomic E-state index is 5.97. The van der Waals surface area contributed by atoms with Gasteiger partial charge in [0.1, 0.15) is 0 Å². The molecular weight excluding hydrogens is 361 g/mol. The Kier molecular flexibility index (Phi) is 4.78. The quantitative estimate of drug-likeness (QED) is 0.768. The van der Waals surface area contributed by atoms with Gasteiger partial charge in [-0.15, -0.1) is 0 Å². The van der Waals surface area contributed by atoms with Crippen LogP contribution in [0.1, 0.15) is 33.1 Å². The van der Waals surface area contributed by atoms with Crippen LogP contribution in [0.4, 0.5) is 5.69 Å². The van der Waals surface area contributed by atoms with Crippen LogP contribution in [0, 0.1) is 3.57 Å². The Bertz CT molecular complexity index is 426. The molecule has 0 radical (unpaired) electrons. The molecule has 2 rings (SSSR count). The highest BCUT2D eigenvalue weighted by molar-refractivity contribution is 14.1. The van der Waals surface area contributed by atoms with E-state index in [1.165, 1.54) is 9.26 Å². The molecule has 0 spiro atoms. The van der Waals surface area contributed by atoms with Crippen LogP contribution < -0.4 is 5.32 Å². The van der Waals surface area contributed by atoms with Crippen LogP contribution in [-0.4, -0.2) is 18.2 Å².